The van der Waals surface area contributed by atoms with Crippen LogP contribution in [-0.2, 0) is 9.53 Å². The molecule has 0 saturated heterocycles. The van der Waals surface area contributed by atoms with Crippen LogP contribution in [0.2, 0.25) is 0 Å². The lowest BCUT2D eigenvalue weighted by Gasteiger charge is -2.10. The molecule has 0 aliphatic heterocycles. The quantitative estimate of drug-likeness (QED) is 0.315. The summed E-state index contributed by atoms with van der Waals surface area (Å²) >= 11 is 0. The lowest BCUT2D eigenvalue weighted by molar-refractivity contribution is -0.111. The van der Waals surface area contributed by atoms with Crippen LogP contribution in [0.1, 0.15) is 79.6 Å². The van der Waals surface area contributed by atoms with Gasteiger partial charge in [0.2, 0.25) is 0 Å². The second kappa shape index (κ2) is 16.4. The van der Waals surface area contributed by atoms with Gasteiger partial charge in [0.15, 0.2) is 0 Å². The molecule has 2 unspecified atom stereocenters. The summed E-state index contributed by atoms with van der Waals surface area (Å²) < 4.78 is 4.91. The fourth-order valence-corrected chi connectivity index (χ4v) is 3.34. The van der Waals surface area contributed by atoms with Gasteiger partial charge in [-0.1, -0.05) is 97.3 Å². The maximum Gasteiger partial charge on any atom is 0.123 e. The van der Waals surface area contributed by atoms with Crippen LogP contribution in [0.4, 0.5) is 0 Å². The maximum atomic E-state index is 10.8. The predicted octanol–water partition coefficient (Wildman–Crippen LogP) is 7.68. The number of hydrogen-bond donors (Lipinski definition) is 0. The third-order valence-electron chi connectivity index (χ3n) is 5.29. The molecule has 0 aromatic rings. The Morgan fingerprint density at radius 3 is 2.39 bits per heavy atom. The van der Waals surface area contributed by atoms with Crippen molar-refractivity contribution in [2.75, 3.05) is 7.11 Å². The smallest absolute Gasteiger partial charge is 0.123 e. The van der Waals surface area contributed by atoms with E-state index in [0.29, 0.717) is 0 Å². The largest absolute Gasteiger partial charge is 0.502 e. The van der Waals surface area contributed by atoms with Gasteiger partial charge in [-0.2, -0.15) is 0 Å². The minimum absolute atomic E-state index is 0.0849. The Morgan fingerprint density at radius 1 is 1.21 bits per heavy atom. The summed E-state index contributed by atoms with van der Waals surface area (Å²) in [5, 5.41) is 0. The molecular weight excluding hydrogens is 344 g/mol. The summed E-state index contributed by atoms with van der Waals surface area (Å²) in [5.74, 6) is 2.88. The standard InChI is InChI=1S/C16H22O.C8H16O.C2H6/c1-13(12-17)16-8-4-7-15(9-10-16)11-14-5-2-3-6-14;1-7(2)5-6-8(3)9-4;1-2/h4,7-10,12-14,16H,2-3,5-6,11H2,1H3;7H,3,5-6H2,1-2,4H3;1-2H3. The van der Waals surface area contributed by atoms with Crippen LogP contribution in [0.25, 0.3) is 0 Å². The van der Waals surface area contributed by atoms with Gasteiger partial charge in [0.25, 0.3) is 0 Å². The number of carbonyl (C=O) groups is 1. The summed E-state index contributed by atoms with van der Waals surface area (Å²) in [6.07, 6.45) is 20.9. The van der Waals surface area contributed by atoms with Crippen LogP contribution in [0.5, 0.6) is 0 Å². The molecule has 2 aliphatic rings. The number of allylic oxidation sites excluding steroid dienone is 7. The van der Waals surface area contributed by atoms with E-state index in [1.807, 2.05) is 20.8 Å². The minimum atomic E-state index is 0.0849. The third kappa shape index (κ3) is 12.0. The Kier molecular flexibility index (Phi) is 15.5. The van der Waals surface area contributed by atoms with E-state index in [2.05, 4.69) is 50.8 Å². The van der Waals surface area contributed by atoms with E-state index in [9.17, 15) is 4.79 Å². The molecule has 0 amide bonds. The summed E-state index contributed by atoms with van der Waals surface area (Å²) in [4.78, 5) is 10.8. The van der Waals surface area contributed by atoms with E-state index < -0.39 is 0 Å². The predicted molar refractivity (Wildman–Crippen MR) is 123 cm³/mol. The van der Waals surface area contributed by atoms with Gasteiger partial charge in [-0.3, -0.25) is 0 Å². The molecule has 0 heterocycles. The molecule has 0 aromatic heterocycles. The lowest BCUT2D eigenvalue weighted by atomic mass is 9.94. The highest BCUT2D eigenvalue weighted by atomic mass is 16.5. The number of carbonyl (C=O) groups excluding carboxylic acids is 1. The summed E-state index contributed by atoms with van der Waals surface area (Å²) in [6, 6.07) is 0. The zero-order valence-corrected chi connectivity index (χ0v) is 19.2. The van der Waals surface area contributed by atoms with Gasteiger partial charge in [0.05, 0.1) is 12.9 Å². The lowest BCUT2D eigenvalue weighted by Crippen LogP contribution is -2.07. The molecule has 2 aliphatic carbocycles. The number of methoxy groups -OCH3 is 1. The second-order valence-electron chi connectivity index (χ2n) is 8.09. The van der Waals surface area contributed by atoms with Crippen molar-refractivity contribution in [3.8, 4) is 0 Å². The first-order valence-electron chi connectivity index (χ1n) is 11.2. The van der Waals surface area contributed by atoms with Crippen LogP contribution < -0.4 is 0 Å². The van der Waals surface area contributed by atoms with Crippen LogP contribution in [0.15, 0.2) is 48.3 Å². The van der Waals surface area contributed by atoms with Gasteiger partial charge < -0.3 is 9.53 Å². The highest BCUT2D eigenvalue weighted by Crippen LogP contribution is 2.31. The zero-order valence-electron chi connectivity index (χ0n) is 19.2. The Labute approximate surface area is 174 Å². The zero-order chi connectivity index (χ0) is 21.4. The highest BCUT2D eigenvalue weighted by Gasteiger charge is 2.17. The fourth-order valence-electron chi connectivity index (χ4n) is 3.34. The molecule has 28 heavy (non-hydrogen) atoms. The molecule has 2 rings (SSSR count). The van der Waals surface area contributed by atoms with E-state index in [0.717, 1.165) is 30.3 Å². The Morgan fingerprint density at radius 2 is 1.86 bits per heavy atom. The second-order valence-corrected chi connectivity index (χ2v) is 8.09. The van der Waals surface area contributed by atoms with Crippen LogP contribution in [-0.4, -0.2) is 13.4 Å². The molecule has 2 heteroatoms. The van der Waals surface area contributed by atoms with Crippen molar-refractivity contribution < 1.29 is 9.53 Å². The molecule has 0 bridgehead atoms. The van der Waals surface area contributed by atoms with Crippen LogP contribution in [0.3, 0.4) is 0 Å². The van der Waals surface area contributed by atoms with Crippen molar-refractivity contribution in [3.05, 3.63) is 48.3 Å². The molecule has 2 atom stereocenters. The first-order valence-corrected chi connectivity index (χ1v) is 11.2. The topological polar surface area (TPSA) is 26.3 Å². The van der Waals surface area contributed by atoms with Gasteiger partial charge in [-0.05, 0) is 30.3 Å². The van der Waals surface area contributed by atoms with Crippen molar-refractivity contribution >= 4 is 6.29 Å². The highest BCUT2D eigenvalue weighted by molar-refractivity contribution is 5.55. The van der Waals surface area contributed by atoms with E-state index in [1.165, 1.54) is 44.1 Å². The molecular formula is C26H44O2. The Balaban J connectivity index is 0.000000566. The van der Waals surface area contributed by atoms with Gasteiger partial charge in [0.1, 0.15) is 6.29 Å². The minimum Gasteiger partial charge on any atom is -0.502 e. The maximum absolute atomic E-state index is 10.8. The molecule has 1 saturated carbocycles. The molecule has 2 nitrogen and oxygen atoms in total. The normalized spacial score (nSPS) is 19.5. The van der Waals surface area contributed by atoms with Crippen molar-refractivity contribution in [2.24, 2.45) is 23.7 Å². The average Bonchev–Trinajstić information content (AvgIpc) is 3.11. The first-order chi connectivity index (χ1) is 13.5. The molecule has 160 valence electrons. The van der Waals surface area contributed by atoms with Gasteiger partial charge >= 0.3 is 0 Å². The van der Waals surface area contributed by atoms with Crippen LogP contribution >= 0.6 is 0 Å². The SMILES string of the molecule is C=C(CCC(C)C)OC.CC.CC(C=O)C1C=CC=C(CC2CCCC2)C=C1. The Bertz CT molecular complexity index is 505. The molecule has 0 radical (unpaired) electrons. The van der Waals surface area contributed by atoms with Gasteiger partial charge in [-0.25, -0.2) is 0 Å². The summed E-state index contributed by atoms with van der Waals surface area (Å²) in [7, 11) is 1.67. The molecule has 0 spiro atoms. The van der Waals surface area contributed by atoms with Crippen molar-refractivity contribution in [3.63, 3.8) is 0 Å². The average molecular weight is 389 g/mol. The number of hydrogen-bond acceptors (Lipinski definition) is 2. The van der Waals surface area contributed by atoms with Gasteiger partial charge in [-0.15, -0.1) is 0 Å². The number of aldehydes is 1. The Hall–Kier alpha value is -1.57. The van der Waals surface area contributed by atoms with Gasteiger partial charge in [0, 0.05) is 18.3 Å². The molecule has 1 fully saturated rings. The van der Waals surface area contributed by atoms with E-state index in [4.69, 9.17) is 4.74 Å². The third-order valence-corrected chi connectivity index (χ3v) is 5.29. The van der Waals surface area contributed by atoms with Crippen LogP contribution in [0, 0.1) is 23.7 Å². The van der Waals surface area contributed by atoms with Crippen molar-refractivity contribution in [2.45, 2.75) is 79.6 Å². The fraction of sp³-hybridized carbons (Fsp3) is 0.654. The van der Waals surface area contributed by atoms with E-state index in [-0.39, 0.29) is 11.8 Å². The molecule has 0 N–H and O–H groups in total. The van der Waals surface area contributed by atoms with Crippen molar-refractivity contribution in [1.29, 1.82) is 0 Å². The van der Waals surface area contributed by atoms with E-state index in [1.54, 1.807) is 7.11 Å². The number of rotatable bonds is 8. The summed E-state index contributed by atoms with van der Waals surface area (Å²) in [5.41, 5.74) is 1.42. The summed E-state index contributed by atoms with van der Waals surface area (Å²) in [6.45, 7) is 14.1. The molecule has 0 aromatic carbocycles. The van der Waals surface area contributed by atoms with Crippen molar-refractivity contribution in [1.82, 2.24) is 0 Å². The number of ether oxygens (including phenoxy) is 1. The first kappa shape index (κ1) is 26.4. The van der Waals surface area contributed by atoms with E-state index >= 15 is 0 Å². The monoisotopic (exact) mass is 388 g/mol.